The van der Waals surface area contributed by atoms with Gasteiger partial charge < -0.3 is 0 Å². The summed E-state index contributed by atoms with van der Waals surface area (Å²) >= 11 is 2.22. The molecule has 10 atom stereocenters. The zero-order chi connectivity index (χ0) is 23.7. The molecule has 2 heteroatoms. The van der Waals surface area contributed by atoms with Crippen molar-refractivity contribution in [1.29, 1.82) is 0 Å². The van der Waals surface area contributed by atoms with Crippen molar-refractivity contribution in [2.45, 2.75) is 122 Å². The van der Waals surface area contributed by atoms with E-state index in [2.05, 4.69) is 77.9 Å². The fourth-order valence-corrected chi connectivity index (χ4v) is 19.9. The summed E-state index contributed by atoms with van der Waals surface area (Å²) in [6.45, 7) is 21.1. The monoisotopic (exact) mass is 486 g/mol. The lowest BCUT2D eigenvalue weighted by molar-refractivity contribution is 0.0638. The zero-order valence-corrected chi connectivity index (χ0v) is 25.0. The van der Waals surface area contributed by atoms with E-state index in [-0.39, 0.29) is 0 Å². The van der Waals surface area contributed by atoms with E-state index < -0.39 is 8.07 Å². The molecule has 0 nitrogen and oxygen atoms in total. The fourth-order valence-electron chi connectivity index (χ4n) is 10.9. The Morgan fingerprint density at radius 1 is 0.788 bits per heavy atom. The van der Waals surface area contributed by atoms with E-state index in [1.54, 1.807) is 32.1 Å². The van der Waals surface area contributed by atoms with Crippen LogP contribution in [-0.2, 0) is 0 Å². The summed E-state index contributed by atoms with van der Waals surface area (Å²) in [5.74, 6) is 8.89. The Labute approximate surface area is 211 Å². The number of rotatable bonds is 3. The average molecular weight is 487 g/mol. The van der Waals surface area contributed by atoms with Crippen molar-refractivity contribution < 1.29 is 0 Å². The predicted molar refractivity (Wildman–Crippen MR) is 150 cm³/mol. The number of allylic oxidation sites excluding steroid dienone is 1. The van der Waals surface area contributed by atoms with Crippen molar-refractivity contribution in [2.75, 3.05) is 0 Å². The van der Waals surface area contributed by atoms with Crippen molar-refractivity contribution in [1.82, 2.24) is 0 Å². The molecule has 0 amide bonds. The maximum atomic E-state index is 2.86. The summed E-state index contributed by atoms with van der Waals surface area (Å²) in [6.07, 6.45) is 14.9. The van der Waals surface area contributed by atoms with E-state index in [1.807, 2.05) is 0 Å². The summed E-state index contributed by atoms with van der Waals surface area (Å²) in [5, 5.41) is 3.38. The smallest absolute Gasteiger partial charge is 0.0555 e. The first-order valence-electron chi connectivity index (χ1n) is 14.8. The van der Waals surface area contributed by atoms with Gasteiger partial charge in [0.2, 0.25) is 0 Å². The summed E-state index contributed by atoms with van der Waals surface area (Å²) in [6, 6.07) is 0. The minimum absolute atomic E-state index is 0.517. The summed E-state index contributed by atoms with van der Waals surface area (Å²) in [4.78, 5) is 0. The first-order valence-corrected chi connectivity index (χ1v) is 18.9. The van der Waals surface area contributed by atoms with Gasteiger partial charge >= 0.3 is 0 Å². The van der Waals surface area contributed by atoms with Crippen LogP contribution in [0.15, 0.2) is 11.5 Å². The van der Waals surface area contributed by atoms with Gasteiger partial charge in [-0.3, -0.25) is 0 Å². The van der Waals surface area contributed by atoms with Gasteiger partial charge in [0, 0.05) is 5.25 Å². The minimum atomic E-state index is -1.38. The SMILES string of the molecule is CC1CC2C(C3CCC(C(C)(C)C)CC3)CCCC2C1[Si](C)(C)C1C(C)C(C)C2C=CSC21. The highest BCUT2D eigenvalue weighted by Crippen LogP contribution is 2.66. The van der Waals surface area contributed by atoms with Crippen LogP contribution in [0, 0.1) is 58.7 Å². The molecule has 0 aromatic carbocycles. The molecule has 1 heterocycles. The van der Waals surface area contributed by atoms with Gasteiger partial charge in [0.15, 0.2) is 0 Å². The van der Waals surface area contributed by atoms with Crippen molar-refractivity contribution in [3.63, 3.8) is 0 Å². The van der Waals surface area contributed by atoms with E-state index in [0.717, 1.165) is 69.6 Å². The molecule has 5 rings (SSSR count). The first-order chi connectivity index (χ1) is 15.5. The normalized spacial score (nSPS) is 50.4. The molecule has 0 N–H and O–H groups in total. The van der Waals surface area contributed by atoms with Crippen LogP contribution in [0.4, 0.5) is 0 Å². The standard InChI is InChI=1S/C31H54SSi/c1-19-18-27-25(22-12-14-23(15-13-22)31(4,5)6)10-9-11-26(27)29(19)33(7,8)30-21(3)20(2)24-16-17-32-28(24)30/h16-17,19-30H,9-15,18H2,1-8H3. The molecule has 0 spiro atoms. The Hall–Kier alpha value is 0.307. The first kappa shape index (κ1) is 25.0. The second kappa shape index (κ2) is 9.00. The van der Waals surface area contributed by atoms with E-state index in [0.29, 0.717) is 5.41 Å². The van der Waals surface area contributed by atoms with Crippen molar-refractivity contribution >= 4 is 19.8 Å². The molecule has 0 aromatic rings. The maximum Gasteiger partial charge on any atom is 0.0555 e. The van der Waals surface area contributed by atoms with Gasteiger partial charge in [-0.2, -0.15) is 0 Å². The third kappa shape index (κ3) is 4.17. The van der Waals surface area contributed by atoms with Crippen LogP contribution in [0.2, 0.25) is 24.2 Å². The summed E-state index contributed by atoms with van der Waals surface area (Å²) < 4.78 is 0. The molecular formula is C31H54SSi. The number of hydrogen-bond donors (Lipinski definition) is 0. The van der Waals surface area contributed by atoms with Crippen LogP contribution < -0.4 is 0 Å². The molecule has 10 unspecified atom stereocenters. The molecule has 0 bridgehead atoms. The van der Waals surface area contributed by atoms with E-state index in [9.17, 15) is 0 Å². The van der Waals surface area contributed by atoms with Crippen molar-refractivity contribution in [2.24, 2.45) is 58.7 Å². The molecule has 4 fully saturated rings. The quantitative estimate of drug-likeness (QED) is 0.358. The van der Waals surface area contributed by atoms with Crippen LogP contribution in [0.5, 0.6) is 0 Å². The third-order valence-corrected chi connectivity index (χ3v) is 19.3. The molecule has 4 aliphatic carbocycles. The summed E-state index contributed by atoms with van der Waals surface area (Å²) in [5.41, 5.74) is 2.62. The lowest BCUT2D eigenvalue weighted by Gasteiger charge is -2.49. The minimum Gasteiger partial charge on any atom is -0.130 e. The second-order valence-electron chi connectivity index (χ2n) is 15.2. The predicted octanol–water partition coefficient (Wildman–Crippen LogP) is 9.89. The fraction of sp³-hybridized carbons (Fsp3) is 0.935. The van der Waals surface area contributed by atoms with Crippen LogP contribution in [0.25, 0.3) is 0 Å². The van der Waals surface area contributed by atoms with Crippen molar-refractivity contribution in [3.8, 4) is 0 Å². The lowest BCUT2D eigenvalue weighted by atomic mass is 9.61. The number of fused-ring (bicyclic) bond motifs is 2. The molecule has 0 radical (unpaired) electrons. The van der Waals surface area contributed by atoms with Gasteiger partial charge in [0.1, 0.15) is 0 Å². The van der Waals surface area contributed by atoms with Gasteiger partial charge in [0.25, 0.3) is 0 Å². The molecule has 33 heavy (non-hydrogen) atoms. The van der Waals surface area contributed by atoms with Gasteiger partial charge in [0.05, 0.1) is 8.07 Å². The lowest BCUT2D eigenvalue weighted by Crippen LogP contribution is -2.47. The molecule has 5 aliphatic rings. The molecule has 188 valence electrons. The Morgan fingerprint density at radius 3 is 2.12 bits per heavy atom. The number of hydrogen-bond acceptors (Lipinski definition) is 1. The molecule has 0 aromatic heterocycles. The highest BCUT2D eigenvalue weighted by Gasteiger charge is 2.60. The van der Waals surface area contributed by atoms with Crippen LogP contribution in [-0.4, -0.2) is 13.3 Å². The Balaban J connectivity index is 1.33. The third-order valence-electron chi connectivity index (χ3n) is 12.5. The van der Waals surface area contributed by atoms with Gasteiger partial charge in [-0.15, -0.1) is 11.8 Å². The molecular weight excluding hydrogens is 432 g/mol. The molecule has 0 saturated heterocycles. The number of thioether (sulfide) groups is 1. The second-order valence-corrected chi connectivity index (χ2v) is 21.3. The van der Waals surface area contributed by atoms with Crippen LogP contribution in [0.3, 0.4) is 0 Å². The van der Waals surface area contributed by atoms with Crippen LogP contribution >= 0.6 is 11.8 Å². The largest absolute Gasteiger partial charge is 0.130 e. The Kier molecular flexibility index (Phi) is 6.81. The van der Waals surface area contributed by atoms with E-state index in [1.165, 1.54) is 19.3 Å². The van der Waals surface area contributed by atoms with E-state index in [4.69, 9.17) is 0 Å². The summed E-state index contributed by atoms with van der Waals surface area (Å²) in [7, 11) is -1.38. The maximum absolute atomic E-state index is 2.86. The van der Waals surface area contributed by atoms with Gasteiger partial charge in [-0.05, 0) is 114 Å². The van der Waals surface area contributed by atoms with Gasteiger partial charge in [-0.25, -0.2) is 0 Å². The Bertz CT molecular complexity index is 726. The zero-order valence-electron chi connectivity index (χ0n) is 23.1. The van der Waals surface area contributed by atoms with E-state index >= 15 is 0 Å². The van der Waals surface area contributed by atoms with Gasteiger partial charge in [-0.1, -0.05) is 73.6 Å². The van der Waals surface area contributed by atoms with Crippen molar-refractivity contribution in [3.05, 3.63) is 11.5 Å². The highest BCUT2D eigenvalue weighted by molar-refractivity contribution is 8.03. The topological polar surface area (TPSA) is 0 Å². The molecule has 4 saturated carbocycles. The highest BCUT2D eigenvalue weighted by atomic mass is 32.2. The molecule has 1 aliphatic heterocycles. The average Bonchev–Trinajstić information content (AvgIpc) is 3.41. The Morgan fingerprint density at radius 2 is 1.45 bits per heavy atom. The van der Waals surface area contributed by atoms with Crippen LogP contribution in [0.1, 0.15) is 92.9 Å².